The number of hydrogen-bond acceptors (Lipinski definition) is 4. The van der Waals surface area contributed by atoms with E-state index in [0.717, 1.165) is 37.2 Å². The SMILES string of the molecule is O=C(CN1CCN(Cc2ccccc2)CC1)N/N=C\c1cc(Br)ccc1F. The average Bonchev–Trinajstić information content (AvgIpc) is 2.67. The van der Waals surface area contributed by atoms with Crippen molar-refractivity contribution in [1.82, 2.24) is 15.2 Å². The number of nitrogens with zero attached hydrogens (tertiary/aromatic N) is 3. The molecule has 1 amide bonds. The Bertz CT molecular complexity index is 792. The van der Waals surface area contributed by atoms with Crippen LogP contribution in [0.1, 0.15) is 11.1 Å². The number of hydrazone groups is 1. The largest absolute Gasteiger partial charge is 0.297 e. The Balaban J connectivity index is 1.40. The highest BCUT2D eigenvalue weighted by atomic mass is 79.9. The average molecular weight is 433 g/mol. The number of piperazine rings is 1. The lowest BCUT2D eigenvalue weighted by Crippen LogP contribution is -2.48. The molecule has 3 rings (SSSR count). The highest BCUT2D eigenvalue weighted by Gasteiger charge is 2.18. The highest BCUT2D eigenvalue weighted by molar-refractivity contribution is 9.10. The molecule has 2 aromatic rings. The molecule has 0 atom stereocenters. The predicted molar refractivity (Wildman–Crippen MR) is 108 cm³/mol. The topological polar surface area (TPSA) is 47.9 Å². The normalized spacial score (nSPS) is 15.9. The molecule has 0 unspecified atom stereocenters. The summed E-state index contributed by atoms with van der Waals surface area (Å²) in [5, 5.41) is 3.86. The van der Waals surface area contributed by atoms with E-state index in [1.54, 1.807) is 12.1 Å². The molecule has 0 radical (unpaired) electrons. The third-order valence-corrected chi connectivity index (χ3v) is 4.93. The molecule has 1 heterocycles. The summed E-state index contributed by atoms with van der Waals surface area (Å²) < 4.78 is 14.4. The van der Waals surface area contributed by atoms with Crippen molar-refractivity contribution in [2.45, 2.75) is 6.54 Å². The minimum Gasteiger partial charge on any atom is -0.297 e. The first-order valence-corrected chi connectivity index (χ1v) is 9.65. The van der Waals surface area contributed by atoms with Gasteiger partial charge in [-0.2, -0.15) is 5.10 Å². The molecule has 27 heavy (non-hydrogen) atoms. The fraction of sp³-hybridized carbons (Fsp3) is 0.300. The molecule has 0 aliphatic carbocycles. The smallest absolute Gasteiger partial charge is 0.254 e. The summed E-state index contributed by atoms with van der Waals surface area (Å²) in [6.07, 6.45) is 1.32. The molecule has 5 nitrogen and oxygen atoms in total. The number of halogens is 2. The number of carbonyl (C=O) groups is 1. The zero-order valence-electron chi connectivity index (χ0n) is 14.9. The van der Waals surface area contributed by atoms with Gasteiger partial charge in [-0.15, -0.1) is 0 Å². The van der Waals surface area contributed by atoms with E-state index in [1.165, 1.54) is 17.8 Å². The molecule has 0 spiro atoms. The van der Waals surface area contributed by atoms with Gasteiger partial charge in [0.05, 0.1) is 12.8 Å². The number of nitrogens with one attached hydrogen (secondary N) is 1. The summed E-state index contributed by atoms with van der Waals surface area (Å²) in [6, 6.07) is 15.0. The number of rotatable bonds is 6. The Hall–Kier alpha value is -2.09. The van der Waals surface area contributed by atoms with Crippen molar-refractivity contribution in [3.05, 3.63) is 69.9 Å². The molecule has 1 aliphatic rings. The second-order valence-electron chi connectivity index (χ2n) is 6.50. The first-order chi connectivity index (χ1) is 13.1. The van der Waals surface area contributed by atoms with Gasteiger partial charge in [0.2, 0.25) is 0 Å². The van der Waals surface area contributed by atoms with Gasteiger partial charge in [-0.25, -0.2) is 9.82 Å². The maximum absolute atomic E-state index is 13.6. The zero-order valence-corrected chi connectivity index (χ0v) is 16.5. The van der Waals surface area contributed by atoms with Crippen LogP contribution in [0.2, 0.25) is 0 Å². The van der Waals surface area contributed by atoms with Gasteiger partial charge in [-0.3, -0.25) is 14.6 Å². The molecule has 7 heteroatoms. The van der Waals surface area contributed by atoms with E-state index in [1.807, 2.05) is 6.07 Å². The van der Waals surface area contributed by atoms with Crippen LogP contribution in [0.5, 0.6) is 0 Å². The minimum absolute atomic E-state index is 0.196. The Kier molecular flexibility index (Phi) is 7.09. The van der Waals surface area contributed by atoms with Crippen LogP contribution in [0.4, 0.5) is 4.39 Å². The molecule has 0 aromatic heterocycles. The van der Waals surface area contributed by atoms with Gasteiger partial charge in [0.1, 0.15) is 5.82 Å². The quantitative estimate of drug-likeness (QED) is 0.563. The van der Waals surface area contributed by atoms with Crippen molar-refractivity contribution in [3.8, 4) is 0 Å². The molecular weight excluding hydrogens is 411 g/mol. The Morgan fingerprint density at radius 1 is 1.11 bits per heavy atom. The lowest BCUT2D eigenvalue weighted by molar-refractivity contribution is -0.122. The molecule has 2 aromatic carbocycles. The van der Waals surface area contributed by atoms with Crippen LogP contribution in [-0.2, 0) is 11.3 Å². The van der Waals surface area contributed by atoms with E-state index in [2.05, 4.69) is 60.5 Å². The van der Waals surface area contributed by atoms with E-state index < -0.39 is 0 Å². The maximum Gasteiger partial charge on any atom is 0.254 e. The molecule has 0 saturated carbocycles. The molecule has 1 fully saturated rings. The van der Waals surface area contributed by atoms with Crippen molar-refractivity contribution in [2.75, 3.05) is 32.7 Å². The first-order valence-electron chi connectivity index (χ1n) is 8.86. The monoisotopic (exact) mass is 432 g/mol. The van der Waals surface area contributed by atoms with Crippen LogP contribution in [0, 0.1) is 5.82 Å². The Morgan fingerprint density at radius 2 is 1.81 bits per heavy atom. The van der Waals surface area contributed by atoms with Gasteiger partial charge in [-0.1, -0.05) is 46.3 Å². The summed E-state index contributed by atoms with van der Waals surface area (Å²) in [7, 11) is 0. The van der Waals surface area contributed by atoms with E-state index >= 15 is 0 Å². The van der Waals surface area contributed by atoms with E-state index in [9.17, 15) is 9.18 Å². The van der Waals surface area contributed by atoms with Gasteiger partial charge in [0, 0.05) is 42.8 Å². The van der Waals surface area contributed by atoms with Crippen molar-refractivity contribution in [3.63, 3.8) is 0 Å². The standard InChI is InChI=1S/C20H22BrFN4O/c21-18-6-7-19(22)17(12-18)13-23-24-20(27)15-26-10-8-25(9-11-26)14-16-4-2-1-3-5-16/h1-7,12-13H,8-11,14-15H2,(H,24,27)/b23-13-. The van der Waals surface area contributed by atoms with Crippen LogP contribution >= 0.6 is 15.9 Å². The molecule has 1 N–H and O–H groups in total. The lowest BCUT2D eigenvalue weighted by Gasteiger charge is -2.34. The van der Waals surface area contributed by atoms with Crippen molar-refractivity contribution in [1.29, 1.82) is 0 Å². The van der Waals surface area contributed by atoms with Crippen LogP contribution in [-0.4, -0.2) is 54.6 Å². The van der Waals surface area contributed by atoms with Gasteiger partial charge >= 0.3 is 0 Å². The van der Waals surface area contributed by atoms with Crippen LogP contribution in [0.25, 0.3) is 0 Å². The fourth-order valence-electron chi connectivity index (χ4n) is 2.97. The number of amides is 1. The lowest BCUT2D eigenvalue weighted by atomic mass is 10.2. The van der Waals surface area contributed by atoms with E-state index in [0.29, 0.717) is 5.56 Å². The molecular formula is C20H22BrFN4O. The number of benzene rings is 2. The zero-order chi connectivity index (χ0) is 19.1. The van der Waals surface area contributed by atoms with Crippen LogP contribution in [0.3, 0.4) is 0 Å². The molecule has 1 saturated heterocycles. The van der Waals surface area contributed by atoms with Crippen molar-refractivity contribution >= 4 is 28.1 Å². The Labute approximate surface area is 167 Å². The third kappa shape index (κ3) is 6.23. The molecule has 1 aliphatic heterocycles. The highest BCUT2D eigenvalue weighted by Crippen LogP contribution is 2.13. The summed E-state index contributed by atoms with van der Waals surface area (Å²) in [4.78, 5) is 16.5. The van der Waals surface area contributed by atoms with Crippen molar-refractivity contribution < 1.29 is 9.18 Å². The van der Waals surface area contributed by atoms with E-state index in [4.69, 9.17) is 0 Å². The van der Waals surface area contributed by atoms with Crippen LogP contribution < -0.4 is 5.43 Å². The van der Waals surface area contributed by atoms with Crippen molar-refractivity contribution in [2.24, 2.45) is 5.10 Å². The van der Waals surface area contributed by atoms with Crippen LogP contribution in [0.15, 0.2) is 58.1 Å². The second-order valence-corrected chi connectivity index (χ2v) is 7.41. The van der Waals surface area contributed by atoms with Gasteiger partial charge < -0.3 is 0 Å². The summed E-state index contributed by atoms with van der Waals surface area (Å²) in [5.41, 5.74) is 4.09. The summed E-state index contributed by atoms with van der Waals surface area (Å²) >= 11 is 3.28. The maximum atomic E-state index is 13.6. The van der Waals surface area contributed by atoms with Gasteiger partial charge in [0.15, 0.2) is 0 Å². The first kappa shape index (κ1) is 19.7. The number of hydrogen-bond donors (Lipinski definition) is 1. The van der Waals surface area contributed by atoms with Gasteiger partial charge in [-0.05, 0) is 23.8 Å². The molecule has 142 valence electrons. The molecule has 0 bridgehead atoms. The van der Waals surface area contributed by atoms with Gasteiger partial charge in [0.25, 0.3) is 5.91 Å². The second kappa shape index (κ2) is 9.73. The van der Waals surface area contributed by atoms with E-state index in [-0.39, 0.29) is 18.3 Å². The number of carbonyl (C=O) groups excluding carboxylic acids is 1. The minimum atomic E-state index is -0.384. The third-order valence-electron chi connectivity index (χ3n) is 4.43. The Morgan fingerprint density at radius 3 is 2.56 bits per heavy atom. The fourth-order valence-corrected chi connectivity index (χ4v) is 3.35. The predicted octanol–water partition coefficient (Wildman–Crippen LogP) is 2.86. The summed E-state index contributed by atoms with van der Waals surface area (Å²) in [6.45, 7) is 4.75. The summed E-state index contributed by atoms with van der Waals surface area (Å²) in [5.74, 6) is -0.580.